The molecular weight excluding hydrogens is 569 g/mol. The molecule has 11 heteroatoms. The summed E-state index contributed by atoms with van der Waals surface area (Å²) in [5.41, 5.74) is -1.45. The van der Waals surface area contributed by atoms with Gasteiger partial charge in [-0.2, -0.15) is 9.97 Å². The summed E-state index contributed by atoms with van der Waals surface area (Å²) in [7, 11) is 0. The molecule has 6 heterocycles. The van der Waals surface area contributed by atoms with Gasteiger partial charge in [-0.3, -0.25) is 9.88 Å². The Morgan fingerprint density at radius 1 is 1.20 bits per heavy atom. The minimum atomic E-state index is -2.35. The van der Waals surface area contributed by atoms with Crippen LogP contribution in [0, 0.1) is 24.0 Å². The van der Waals surface area contributed by atoms with Crippen molar-refractivity contribution in [1.82, 2.24) is 25.2 Å². The Morgan fingerprint density at radius 2 is 2.02 bits per heavy atom. The van der Waals surface area contributed by atoms with Gasteiger partial charge in [0.05, 0.1) is 17.9 Å². The van der Waals surface area contributed by atoms with Crippen LogP contribution in [-0.2, 0) is 0 Å². The number of ether oxygens (including phenoxy) is 1. The smallest absolute Gasteiger partial charge is 0.319 e. The number of aromatic hydroxyl groups is 1. The number of hydrogen-bond acceptors (Lipinski definition) is 8. The molecule has 44 heavy (non-hydrogen) atoms. The van der Waals surface area contributed by atoms with Crippen LogP contribution in [-0.4, -0.2) is 81.5 Å². The van der Waals surface area contributed by atoms with Gasteiger partial charge in [-0.25, -0.2) is 13.2 Å². The molecule has 2 bridgehead atoms. The molecule has 4 atom stereocenters. The van der Waals surface area contributed by atoms with Crippen LogP contribution in [0.3, 0.4) is 0 Å². The number of fused-ring (bicyclic) bond motifs is 5. The summed E-state index contributed by atoms with van der Waals surface area (Å²) in [6, 6.07) is 5.56. The van der Waals surface area contributed by atoms with Gasteiger partial charge in [0.25, 0.3) is 0 Å². The fourth-order valence-corrected chi connectivity index (χ4v) is 7.36. The molecule has 4 aliphatic heterocycles. The lowest BCUT2D eigenvalue weighted by molar-refractivity contribution is 0.107. The monoisotopic (exact) mass is 603 g/mol. The van der Waals surface area contributed by atoms with Gasteiger partial charge in [0.15, 0.2) is 5.82 Å². The zero-order valence-corrected chi connectivity index (χ0v) is 23.7. The number of alkyl halides is 1. The highest BCUT2D eigenvalue weighted by Gasteiger charge is 2.49. The SMILES string of the molecule is [2H]C1([2H])CC[C@@]2(COc3nc(N4C[C@H]5CC[C@@H](C4)N5)c4cnc(-c5cc(O)cc6ccc(F)c(C#C)c56)c(F)c4n3)C[C@@]([2H])(F)CN12. The lowest BCUT2D eigenvalue weighted by Crippen LogP contribution is -2.51. The molecule has 8 rings (SSSR count). The van der Waals surface area contributed by atoms with E-state index >= 15 is 4.39 Å². The predicted octanol–water partition coefficient (Wildman–Crippen LogP) is 4.71. The van der Waals surface area contributed by atoms with E-state index in [1.165, 1.54) is 35.4 Å². The molecule has 4 saturated heterocycles. The number of pyridine rings is 1. The topological polar surface area (TPSA) is 86.6 Å². The van der Waals surface area contributed by atoms with Crippen LogP contribution < -0.4 is 15.0 Å². The number of phenols is 1. The molecule has 2 aromatic heterocycles. The Bertz CT molecular complexity index is 2000. The highest BCUT2D eigenvalue weighted by atomic mass is 19.1. The number of benzene rings is 2. The molecule has 226 valence electrons. The molecular formula is C33H31F3N6O2. The Morgan fingerprint density at radius 3 is 2.82 bits per heavy atom. The Balaban J connectivity index is 1.27. The molecule has 0 unspecified atom stereocenters. The van der Waals surface area contributed by atoms with Gasteiger partial charge < -0.3 is 20.1 Å². The highest BCUT2D eigenvalue weighted by Crippen LogP contribution is 2.42. The Labute approximate surface area is 256 Å². The van der Waals surface area contributed by atoms with Crippen LogP contribution in [0.25, 0.3) is 32.9 Å². The van der Waals surface area contributed by atoms with Crippen molar-refractivity contribution in [3.8, 4) is 35.4 Å². The third-order valence-corrected chi connectivity index (χ3v) is 9.40. The first kappa shape index (κ1) is 24.2. The van der Waals surface area contributed by atoms with Gasteiger partial charge >= 0.3 is 6.01 Å². The van der Waals surface area contributed by atoms with Crippen molar-refractivity contribution in [2.45, 2.75) is 55.9 Å². The second-order valence-corrected chi connectivity index (χ2v) is 12.2. The summed E-state index contributed by atoms with van der Waals surface area (Å²) in [5.74, 6) is 1.01. The average molecular weight is 604 g/mol. The number of anilines is 1. The third kappa shape index (κ3) is 4.34. The molecule has 0 spiro atoms. The Kier molecular flexibility index (Phi) is 5.62. The van der Waals surface area contributed by atoms with Crippen molar-refractivity contribution in [1.29, 1.82) is 0 Å². The molecule has 0 aliphatic carbocycles. The minimum Gasteiger partial charge on any atom is -0.508 e. The van der Waals surface area contributed by atoms with E-state index in [0.29, 0.717) is 29.7 Å². The fraction of sp³-hybridized carbons (Fsp3) is 0.424. The quantitative estimate of drug-likeness (QED) is 0.318. The standard InChI is InChI=1S/C33H31F3N6O2/c1-2-23-26(35)7-4-18-10-22(43)11-24(27(18)23)29-28(36)30-25(13-37-29)31(41-15-20-5-6-21(16-41)38-20)40-32(39-30)44-17-33-8-3-9-42(33)14-19(34)12-33/h1,4,7,10-11,13,19-21,38,43H,3,5-6,8-9,12,14-17H2/t19-,20-,21+,33+/m1/s1/i9D2,19D. The third-order valence-electron chi connectivity index (χ3n) is 9.40. The fourth-order valence-electron chi connectivity index (χ4n) is 7.36. The lowest BCUT2D eigenvalue weighted by Gasteiger charge is -2.34. The summed E-state index contributed by atoms with van der Waals surface area (Å²) in [6.07, 6.45) is 6.91. The summed E-state index contributed by atoms with van der Waals surface area (Å²) in [6.45, 7) is -1.18. The van der Waals surface area contributed by atoms with Crippen LogP contribution >= 0.6 is 0 Å². The van der Waals surface area contributed by atoms with E-state index in [1.54, 1.807) is 0 Å². The van der Waals surface area contributed by atoms with Gasteiger partial charge in [0.1, 0.15) is 41.3 Å². The molecule has 4 aliphatic rings. The Hall–Kier alpha value is -4.14. The van der Waals surface area contributed by atoms with Gasteiger partial charge in [-0.05, 0) is 55.8 Å². The maximum absolute atomic E-state index is 16.8. The second-order valence-electron chi connectivity index (χ2n) is 12.2. The van der Waals surface area contributed by atoms with Gasteiger partial charge in [0, 0.05) is 58.0 Å². The number of hydrogen-bond donors (Lipinski definition) is 2. The number of aromatic nitrogens is 3. The van der Waals surface area contributed by atoms with E-state index in [4.69, 9.17) is 20.3 Å². The normalized spacial score (nSPS) is 30.2. The van der Waals surface area contributed by atoms with Crippen molar-refractivity contribution in [2.24, 2.45) is 0 Å². The van der Waals surface area contributed by atoms with Crippen LogP contribution in [0.4, 0.5) is 19.0 Å². The number of nitrogens with one attached hydrogen (secondary N) is 1. The first-order valence-corrected chi connectivity index (χ1v) is 14.8. The molecule has 4 fully saturated rings. The number of phenolic OH excluding ortho intramolecular Hbond substituents is 1. The molecule has 4 aromatic rings. The van der Waals surface area contributed by atoms with E-state index in [9.17, 15) is 13.9 Å². The molecule has 2 aromatic carbocycles. The first-order chi connectivity index (χ1) is 22.4. The molecule has 0 radical (unpaired) electrons. The zero-order valence-electron chi connectivity index (χ0n) is 26.7. The number of rotatable bonds is 5. The maximum atomic E-state index is 16.8. The molecule has 0 amide bonds. The van der Waals surface area contributed by atoms with Crippen molar-refractivity contribution in [2.75, 3.05) is 37.6 Å². The number of piperazine rings is 1. The van der Waals surface area contributed by atoms with Crippen LogP contribution in [0.1, 0.15) is 41.8 Å². The van der Waals surface area contributed by atoms with Gasteiger partial charge in [-0.15, -0.1) is 6.42 Å². The summed E-state index contributed by atoms with van der Waals surface area (Å²) in [4.78, 5) is 17.0. The van der Waals surface area contributed by atoms with Gasteiger partial charge in [-0.1, -0.05) is 12.0 Å². The van der Waals surface area contributed by atoms with Crippen molar-refractivity contribution in [3.63, 3.8) is 0 Å². The predicted molar refractivity (Wildman–Crippen MR) is 160 cm³/mol. The van der Waals surface area contributed by atoms with E-state index in [0.717, 1.165) is 12.8 Å². The maximum Gasteiger partial charge on any atom is 0.319 e. The number of halogens is 3. The number of nitrogens with zero attached hydrogens (tertiary/aromatic N) is 5. The van der Waals surface area contributed by atoms with Gasteiger partial charge in [0.2, 0.25) is 0 Å². The second kappa shape index (κ2) is 10.2. The van der Waals surface area contributed by atoms with Crippen molar-refractivity contribution >= 4 is 27.5 Å². The first-order valence-electron chi connectivity index (χ1n) is 16.3. The van der Waals surface area contributed by atoms with Crippen LogP contribution in [0.5, 0.6) is 11.8 Å². The summed E-state index contributed by atoms with van der Waals surface area (Å²) < 4.78 is 77.5. The summed E-state index contributed by atoms with van der Waals surface area (Å²) >= 11 is 0. The van der Waals surface area contributed by atoms with E-state index < -0.39 is 36.4 Å². The molecule has 2 N–H and O–H groups in total. The number of terminal acetylenes is 1. The minimum absolute atomic E-state index is 0.0816. The van der Waals surface area contributed by atoms with Crippen LogP contribution in [0.15, 0.2) is 30.5 Å². The molecule has 8 nitrogen and oxygen atoms in total. The average Bonchev–Trinajstić information content (AvgIpc) is 3.60. The van der Waals surface area contributed by atoms with Crippen LogP contribution in [0.2, 0.25) is 0 Å². The van der Waals surface area contributed by atoms with E-state index in [-0.39, 0.29) is 77.4 Å². The summed E-state index contributed by atoms with van der Waals surface area (Å²) in [5, 5.41) is 15.0. The lowest BCUT2D eigenvalue weighted by atomic mass is 9.95. The van der Waals surface area contributed by atoms with Crippen molar-refractivity contribution < 1.29 is 27.1 Å². The van der Waals surface area contributed by atoms with Crippen molar-refractivity contribution in [3.05, 3.63) is 47.7 Å². The zero-order chi connectivity index (χ0) is 32.9. The largest absolute Gasteiger partial charge is 0.508 e. The van der Waals surface area contributed by atoms with E-state index in [2.05, 4.69) is 21.2 Å². The highest BCUT2D eigenvalue weighted by molar-refractivity contribution is 6.03. The molecule has 0 saturated carbocycles. The van der Waals surface area contributed by atoms with E-state index in [1.807, 2.05) is 4.90 Å².